The summed E-state index contributed by atoms with van der Waals surface area (Å²) >= 11 is 2.04. The fraction of sp³-hybridized carbons (Fsp3) is 1.00. The van der Waals surface area contributed by atoms with Crippen molar-refractivity contribution in [2.45, 2.75) is 30.8 Å². The highest BCUT2D eigenvalue weighted by Gasteiger charge is 2.02. The number of halogens is 1. The molecule has 1 nitrogen and oxygen atoms in total. The third kappa shape index (κ3) is 4.84. The molecule has 0 fully saturated rings. The van der Waals surface area contributed by atoms with Crippen molar-refractivity contribution in [3.63, 3.8) is 0 Å². The first-order valence-corrected chi connectivity index (χ1v) is 4.23. The summed E-state index contributed by atoms with van der Waals surface area (Å²) < 4.78 is -0.150. The first kappa shape index (κ1) is 8.69. The molecule has 50 valence electrons. The van der Waals surface area contributed by atoms with E-state index in [4.69, 9.17) is 5.11 Å². The summed E-state index contributed by atoms with van der Waals surface area (Å²) in [5.41, 5.74) is 0. The molecule has 0 spiro atoms. The quantitative estimate of drug-likeness (QED) is 0.579. The highest BCUT2D eigenvalue weighted by molar-refractivity contribution is 14.1. The van der Waals surface area contributed by atoms with Crippen molar-refractivity contribution in [1.82, 2.24) is 0 Å². The fourth-order valence-electron chi connectivity index (χ4n) is 0.499. The molecule has 0 radical (unpaired) electrons. The summed E-state index contributed by atoms with van der Waals surface area (Å²) in [5, 5.41) is 8.84. The van der Waals surface area contributed by atoms with Crippen LogP contribution in [0.5, 0.6) is 0 Å². The van der Waals surface area contributed by atoms with Gasteiger partial charge < -0.3 is 5.11 Å². The lowest BCUT2D eigenvalue weighted by molar-refractivity contribution is 0.242. The van der Waals surface area contributed by atoms with E-state index >= 15 is 0 Å². The van der Waals surface area contributed by atoms with Gasteiger partial charge in [-0.25, -0.2) is 0 Å². The summed E-state index contributed by atoms with van der Waals surface area (Å²) in [7, 11) is 0. The van der Waals surface area contributed by atoms with Crippen molar-refractivity contribution < 1.29 is 5.11 Å². The van der Waals surface area contributed by atoms with Gasteiger partial charge in [0.05, 0.1) is 0 Å². The van der Waals surface area contributed by atoms with Crippen LogP contribution >= 0.6 is 22.6 Å². The van der Waals surface area contributed by atoms with Gasteiger partial charge in [-0.2, -0.15) is 0 Å². The van der Waals surface area contributed by atoms with Crippen LogP contribution in [0.2, 0.25) is 0 Å². The lowest BCUT2D eigenvalue weighted by Crippen LogP contribution is -2.02. The lowest BCUT2D eigenvalue weighted by Gasteiger charge is -2.07. The van der Waals surface area contributed by atoms with Crippen LogP contribution in [-0.2, 0) is 0 Å². The number of aliphatic hydroxyl groups excluding tert-OH is 1. The molecule has 0 aliphatic rings. The maximum Gasteiger partial charge on any atom is 0.105 e. The predicted octanol–water partition coefficient (Wildman–Crippen LogP) is 2.18. The molecule has 1 N–H and O–H groups in total. The van der Waals surface area contributed by atoms with Gasteiger partial charge in [0.1, 0.15) is 4.11 Å². The van der Waals surface area contributed by atoms with Gasteiger partial charge >= 0.3 is 0 Å². The molecule has 0 aliphatic heterocycles. The minimum absolute atomic E-state index is 0.150. The first-order valence-electron chi connectivity index (χ1n) is 2.99. The van der Waals surface area contributed by atoms with Crippen LogP contribution in [0.25, 0.3) is 0 Å². The summed E-state index contributed by atoms with van der Waals surface area (Å²) in [6.45, 7) is 4.30. The maximum absolute atomic E-state index is 8.84. The Morgan fingerprint density at radius 2 is 2.12 bits per heavy atom. The molecule has 0 bridgehead atoms. The lowest BCUT2D eigenvalue weighted by atomic mass is 10.1. The smallest absolute Gasteiger partial charge is 0.105 e. The summed E-state index contributed by atoms with van der Waals surface area (Å²) in [4.78, 5) is 0. The van der Waals surface area contributed by atoms with Crippen molar-refractivity contribution in [2.24, 2.45) is 5.92 Å². The molecule has 0 aromatic heterocycles. The van der Waals surface area contributed by atoms with Gasteiger partial charge in [-0.05, 0) is 12.3 Å². The molecule has 2 unspecified atom stereocenters. The zero-order valence-electron chi connectivity index (χ0n) is 5.39. The highest BCUT2D eigenvalue weighted by Crippen LogP contribution is 2.13. The average molecular weight is 228 g/mol. The van der Waals surface area contributed by atoms with Crippen LogP contribution in [0.4, 0.5) is 0 Å². The van der Waals surface area contributed by atoms with E-state index in [1.807, 2.05) is 22.6 Å². The first-order chi connectivity index (χ1) is 3.66. The maximum atomic E-state index is 8.84. The topological polar surface area (TPSA) is 20.2 Å². The van der Waals surface area contributed by atoms with Gasteiger partial charge in [0.2, 0.25) is 0 Å². The van der Waals surface area contributed by atoms with E-state index in [1.54, 1.807) is 0 Å². The minimum Gasteiger partial charge on any atom is -0.383 e. The highest BCUT2D eigenvalue weighted by atomic mass is 127. The zero-order chi connectivity index (χ0) is 6.57. The average Bonchev–Trinajstić information content (AvgIpc) is 1.65. The molecule has 0 aromatic carbocycles. The van der Waals surface area contributed by atoms with E-state index in [0.717, 1.165) is 6.42 Å². The standard InChI is InChI=1S/C6H13IO/c1-3-5(2)4-6(7)8/h5-6,8H,3-4H2,1-2H3. The van der Waals surface area contributed by atoms with Crippen molar-refractivity contribution in [3.05, 3.63) is 0 Å². The van der Waals surface area contributed by atoms with Gasteiger partial charge in [0.15, 0.2) is 0 Å². The Balaban J connectivity index is 3.10. The van der Waals surface area contributed by atoms with Crippen molar-refractivity contribution in [1.29, 1.82) is 0 Å². The Hall–Kier alpha value is 0.690. The largest absolute Gasteiger partial charge is 0.383 e. The van der Waals surface area contributed by atoms with Crippen LogP contribution in [-0.4, -0.2) is 9.22 Å². The van der Waals surface area contributed by atoms with Crippen molar-refractivity contribution in [3.8, 4) is 0 Å². The SMILES string of the molecule is CCC(C)CC(O)I. The normalized spacial score (nSPS) is 18.0. The molecule has 8 heavy (non-hydrogen) atoms. The van der Waals surface area contributed by atoms with E-state index in [1.165, 1.54) is 6.42 Å². The van der Waals surface area contributed by atoms with Crippen molar-refractivity contribution in [2.75, 3.05) is 0 Å². The molecule has 2 atom stereocenters. The summed E-state index contributed by atoms with van der Waals surface area (Å²) in [5.74, 6) is 0.668. The number of rotatable bonds is 3. The molecule has 0 heterocycles. The van der Waals surface area contributed by atoms with Gasteiger partial charge in [0, 0.05) is 0 Å². The zero-order valence-corrected chi connectivity index (χ0v) is 7.55. The van der Waals surface area contributed by atoms with Gasteiger partial charge in [0.25, 0.3) is 0 Å². The van der Waals surface area contributed by atoms with E-state index in [-0.39, 0.29) is 4.11 Å². The van der Waals surface area contributed by atoms with Crippen LogP contribution in [0.1, 0.15) is 26.7 Å². The molecule has 0 saturated heterocycles. The van der Waals surface area contributed by atoms with Crippen molar-refractivity contribution >= 4 is 22.6 Å². The summed E-state index contributed by atoms with van der Waals surface area (Å²) in [6.07, 6.45) is 2.09. The molecular formula is C6H13IO. The Morgan fingerprint density at radius 1 is 1.62 bits per heavy atom. The second-order valence-electron chi connectivity index (χ2n) is 2.18. The van der Waals surface area contributed by atoms with Gasteiger partial charge in [-0.3, -0.25) is 0 Å². The van der Waals surface area contributed by atoms with Crippen LogP contribution in [0, 0.1) is 5.92 Å². The molecule has 0 saturated carbocycles. The number of hydrogen-bond acceptors (Lipinski definition) is 1. The number of hydrogen-bond donors (Lipinski definition) is 1. The Labute approximate surface area is 64.6 Å². The summed E-state index contributed by atoms with van der Waals surface area (Å²) in [6, 6.07) is 0. The third-order valence-electron chi connectivity index (χ3n) is 1.29. The Kier molecular flexibility index (Phi) is 4.95. The third-order valence-corrected chi connectivity index (χ3v) is 1.80. The molecular weight excluding hydrogens is 215 g/mol. The van der Waals surface area contributed by atoms with Gasteiger partial charge in [-0.1, -0.05) is 42.9 Å². The van der Waals surface area contributed by atoms with E-state index in [9.17, 15) is 0 Å². The number of aliphatic hydroxyl groups is 1. The predicted molar refractivity (Wildman–Crippen MR) is 44.1 cm³/mol. The van der Waals surface area contributed by atoms with Crippen LogP contribution < -0.4 is 0 Å². The van der Waals surface area contributed by atoms with E-state index in [2.05, 4.69) is 13.8 Å². The second-order valence-corrected chi connectivity index (χ2v) is 3.62. The Morgan fingerprint density at radius 3 is 2.25 bits per heavy atom. The molecule has 0 aliphatic carbocycles. The minimum atomic E-state index is -0.150. The second kappa shape index (κ2) is 4.56. The van der Waals surface area contributed by atoms with E-state index < -0.39 is 0 Å². The molecule has 0 rings (SSSR count). The van der Waals surface area contributed by atoms with Gasteiger partial charge in [-0.15, -0.1) is 0 Å². The number of alkyl halides is 1. The fourth-order valence-corrected chi connectivity index (χ4v) is 1.37. The molecule has 0 aromatic rings. The van der Waals surface area contributed by atoms with Crippen LogP contribution in [0.15, 0.2) is 0 Å². The van der Waals surface area contributed by atoms with Crippen LogP contribution in [0.3, 0.4) is 0 Å². The van der Waals surface area contributed by atoms with E-state index in [0.29, 0.717) is 5.92 Å². The molecule has 2 heteroatoms. The Bertz CT molecular complexity index is 54.5. The molecule has 0 amide bonds. The monoisotopic (exact) mass is 228 g/mol.